The van der Waals surface area contributed by atoms with Crippen LogP contribution in [0.25, 0.3) is 0 Å². The Bertz CT molecular complexity index is 344. The van der Waals surface area contributed by atoms with Crippen molar-refractivity contribution in [2.45, 2.75) is 19.5 Å². The molecular weight excluding hydrogens is 224 g/mol. The topological polar surface area (TPSA) is 38.5 Å². The first kappa shape index (κ1) is 13.3. The molecule has 0 amide bonds. The largest absolute Gasteiger partial charge is 0.497 e. The predicted octanol–water partition coefficient (Wildman–Crippen LogP) is 2.13. The highest BCUT2D eigenvalue weighted by Gasteiger charge is 2.10. The molecular formula is C12H19ClN2O. The maximum atomic E-state index is 6.16. The molecule has 0 radical (unpaired) electrons. The van der Waals surface area contributed by atoms with Gasteiger partial charge >= 0.3 is 0 Å². The maximum absolute atomic E-state index is 6.16. The lowest BCUT2D eigenvalue weighted by Crippen LogP contribution is -2.34. The summed E-state index contributed by atoms with van der Waals surface area (Å²) in [5.74, 6) is 0.781. The van der Waals surface area contributed by atoms with E-state index in [0.29, 0.717) is 12.6 Å². The minimum absolute atomic E-state index is 0.346. The molecule has 0 spiro atoms. The Morgan fingerprint density at radius 3 is 2.69 bits per heavy atom. The number of halogens is 1. The Morgan fingerprint density at radius 2 is 2.19 bits per heavy atom. The van der Waals surface area contributed by atoms with Gasteiger partial charge in [-0.1, -0.05) is 17.7 Å². The van der Waals surface area contributed by atoms with Gasteiger partial charge in [-0.25, -0.2) is 0 Å². The third-order valence-corrected chi connectivity index (χ3v) is 3.13. The molecule has 90 valence electrons. The standard InChI is InChI=1S/C12H19ClN2O/c1-9(7-14)15(2)8-10-4-5-11(16-3)6-12(10)13/h4-6,9H,7-8,14H2,1-3H3. The second-order valence-electron chi connectivity index (χ2n) is 3.96. The van der Waals surface area contributed by atoms with Crippen molar-refractivity contribution in [2.75, 3.05) is 20.7 Å². The average molecular weight is 243 g/mol. The third kappa shape index (κ3) is 3.37. The summed E-state index contributed by atoms with van der Waals surface area (Å²) in [7, 11) is 3.67. The molecule has 0 heterocycles. The number of rotatable bonds is 5. The quantitative estimate of drug-likeness (QED) is 0.860. The number of likely N-dealkylation sites (N-methyl/N-ethyl adjacent to an activating group) is 1. The monoisotopic (exact) mass is 242 g/mol. The Balaban J connectivity index is 2.74. The fraction of sp³-hybridized carbons (Fsp3) is 0.500. The van der Waals surface area contributed by atoms with E-state index in [1.54, 1.807) is 7.11 Å². The molecule has 1 aromatic rings. The number of nitrogens with zero attached hydrogens (tertiary/aromatic N) is 1. The molecule has 1 rings (SSSR count). The van der Waals surface area contributed by atoms with Crippen LogP contribution in [0.5, 0.6) is 5.75 Å². The molecule has 0 saturated heterocycles. The van der Waals surface area contributed by atoms with Crippen molar-refractivity contribution >= 4 is 11.6 Å². The van der Waals surface area contributed by atoms with E-state index in [9.17, 15) is 0 Å². The SMILES string of the molecule is COc1ccc(CN(C)C(C)CN)c(Cl)c1. The van der Waals surface area contributed by atoms with Crippen molar-refractivity contribution in [2.24, 2.45) is 5.73 Å². The van der Waals surface area contributed by atoms with E-state index in [4.69, 9.17) is 22.1 Å². The van der Waals surface area contributed by atoms with Crippen LogP contribution in [0.15, 0.2) is 18.2 Å². The van der Waals surface area contributed by atoms with Crippen molar-refractivity contribution in [1.82, 2.24) is 4.90 Å². The zero-order valence-corrected chi connectivity index (χ0v) is 10.8. The van der Waals surface area contributed by atoms with Gasteiger partial charge in [0.1, 0.15) is 5.75 Å². The zero-order valence-electron chi connectivity index (χ0n) is 10.0. The van der Waals surface area contributed by atoms with Crippen LogP contribution in [0.2, 0.25) is 5.02 Å². The van der Waals surface area contributed by atoms with Crippen molar-refractivity contribution in [3.8, 4) is 5.75 Å². The molecule has 1 aromatic carbocycles. The van der Waals surface area contributed by atoms with Gasteiger partial charge in [0.2, 0.25) is 0 Å². The van der Waals surface area contributed by atoms with Crippen LogP contribution < -0.4 is 10.5 Å². The fourth-order valence-corrected chi connectivity index (χ4v) is 1.62. The molecule has 0 bridgehead atoms. The Labute approximate surface area is 102 Å². The number of hydrogen-bond acceptors (Lipinski definition) is 3. The smallest absolute Gasteiger partial charge is 0.120 e. The van der Waals surface area contributed by atoms with E-state index in [0.717, 1.165) is 22.9 Å². The van der Waals surface area contributed by atoms with Crippen molar-refractivity contribution in [1.29, 1.82) is 0 Å². The number of hydrogen-bond donors (Lipinski definition) is 1. The molecule has 1 atom stereocenters. The molecule has 0 aliphatic rings. The summed E-state index contributed by atoms with van der Waals surface area (Å²) in [6, 6.07) is 6.08. The summed E-state index contributed by atoms with van der Waals surface area (Å²) in [5, 5.41) is 0.732. The molecule has 3 nitrogen and oxygen atoms in total. The van der Waals surface area contributed by atoms with E-state index in [-0.39, 0.29) is 0 Å². The van der Waals surface area contributed by atoms with Crippen LogP contribution in [0.3, 0.4) is 0 Å². The molecule has 0 fully saturated rings. The van der Waals surface area contributed by atoms with Crippen LogP contribution in [-0.4, -0.2) is 31.6 Å². The third-order valence-electron chi connectivity index (χ3n) is 2.77. The molecule has 1 unspecified atom stereocenters. The number of methoxy groups -OCH3 is 1. The van der Waals surface area contributed by atoms with Gasteiger partial charge < -0.3 is 10.5 Å². The molecule has 4 heteroatoms. The van der Waals surface area contributed by atoms with Crippen molar-refractivity contribution in [3.05, 3.63) is 28.8 Å². The van der Waals surface area contributed by atoms with Crippen molar-refractivity contribution < 1.29 is 4.74 Å². The van der Waals surface area contributed by atoms with Crippen molar-refractivity contribution in [3.63, 3.8) is 0 Å². The van der Waals surface area contributed by atoms with E-state index in [1.165, 1.54) is 0 Å². The Hall–Kier alpha value is -0.770. The van der Waals surface area contributed by atoms with Gasteiger partial charge in [-0.05, 0) is 31.7 Å². The highest BCUT2D eigenvalue weighted by Crippen LogP contribution is 2.23. The van der Waals surface area contributed by atoms with Gasteiger partial charge in [-0.15, -0.1) is 0 Å². The Morgan fingerprint density at radius 1 is 1.50 bits per heavy atom. The lowest BCUT2D eigenvalue weighted by Gasteiger charge is -2.23. The van der Waals surface area contributed by atoms with E-state index in [1.807, 2.05) is 25.2 Å². The van der Waals surface area contributed by atoms with E-state index < -0.39 is 0 Å². The lowest BCUT2D eigenvalue weighted by molar-refractivity contribution is 0.255. The molecule has 0 saturated carbocycles. The van der Waals surface area contributed by atoms with Gasteiger partial charge in [0, 0.05) is 24.2 Å². The van der Waals surface area contributed by atoms with Crippen LogP contribution >= 0.6 is 11.6 Å². The minimum Gasteiger partial charge on any atom is -0.497 e. The van der Waals surface area contributed by atoms with Gasteiger partial charge in [0.15, 0.2) is 0 Å². The molecule has 0 aromatic heterocycles. The van der Waals surface area contributed by atoms with Gasteiger partial charge in [-0.2, -0.15) is 0 Å². The van der Waals surface area contributed by atoms with Crippen LogP contribution in [0.1, 0.15) is 12.5 Å². The average Bonchev–Trinajstić information content (AvgIpc) is 2.30. The summed E-state index contributed by atoms with van der Waals surface area (Å²) in [6.45, 7) is 3.53. The van der Waals surface area contributed by atoms with Crippen LogP contribution in [0, 0.1) is 0 Å². The molecule has 2 N–H and O–H groups in total. The normalized spacial score (nSPS) is 12.9. The number of benzene rings is 1. The summed E-state index contributed by atoms with van der Waals surface area (Å²) in [4.78, 5) is 2.17. The lowest BCUT2D eigenvalue weighted by atomic mass is 10.2. The maximum Gasteiger partial charge on any atom is 0.120 e. The Kier molecular flexibility index (Phi) is 5.06. The molecule has 0 aliphatic heterocycles. The highest BCUT2D eigenvalue weighted by atomic mass is 35.5. The molecule has 0 aliphatic carbocycles. The molecule has 16 heavy (non-hydrogen) atoms. The summed E-state index contributed by atoms with van der Waals surface area (Å²) in [6.07, 6.45) is 0. The first-order valence-corrected chi connectivity index (χ1v) is 5.69. The van der Waals surface area contributed by atoms with Gasteiger partial charge in [0.25, 0.3) is 0 Å². The number of nitrogens with two attached hydrogens (primary N) is 1. The van der Waals surface area contributed by atoms with Gasteiger partial charge in [-0.3, -0.25) is 4.90 Å². The van der Waals surface area contributed by atoms with Crippen LogP contribution in [-0.2, 0) is 6.54 Å². The summed E-state index contributed by atoms with van der Waals surface area (Å²) >= 11 is 6.16. The minimum atomic E-state index is 0.346. The first-order chi connectivity index (χ1) is 7.58. The predicted molar refractivity (Wildman–Crippen MR) is 68.0 cm³/mol. The van der Waals surface area contributed by atoms with E-state index >= 15 is 0 Å². The summed E-state index contributed by atoms with van der Waals surface area (Å²) < 4.78 is 5.11. The fourth-order valence-electron chi connectivity index (χ4n) is 1.39. The van der Waals surface area contributed by atoms with E-state index in [2.05, 4.69) is 11.8 Å². The zero-order chi connectivity index (χ0) is 12.1. The number of ether oxygens (including phenoxy) is 1. The van der Waals surface area contributed by atoms with Gasteiger partial charge in [0.05, 0.1) is 7.11 Å². The highest BCUT2D eigenvalue weighted by molar-refractivity contribution is 6.31. The van der Waals surface area contributed by atoms with Crippen LogP contribution in [0.4, 0.5) is 0 Å². The second-order valence-corrected chi connectivity index (χ2v) is 4.36. The first-order valence-electron chi connectivity index (χ1n) is 5.31. The second kappa shape index (κ2) is 6.09. The summed E-state index contributed by atoms with van der Waals surface area (Å²) in [5.41, 5.74) is 6.70.